The van der Waals surface area contributed by atoms with Crippen molar-refractivity contribution in [2.45, 2.75) is 32.4 Å². The van der Waals surface area contributed by atoms with Crippen molar-refractivity contribution in [1.29, 1.82) is 0 Å². The topological polar surface area (TPSA) is 57.3 Å². The summed E-state index contributed by atoms with van der Waals surface area (Å²) < 4.78 is 0. The fraction of sp³-hybridized carbons (Fsp3) is 0.400. The Morgan fingerprint density at radius 2 is 1.92 bits per heavy atom. The molecule has 0 spiro atoms. The van der Waals surface area contributed by atoms with Crippen LogP contribution in [0.5, 0.6) is 0 Å². The Labute approximate surface area is 149 Å². The standard InChI is InChI=1S/C20H26N4O/c1-15-3-4-19(21-2)17(13-15)14-23-18-7-11-24(12-8-18)20(25)16-5-9-22-10-6-16/h3-6,9-10,13,18,21,23H,7-8,11-12,14H2,1-2H3. The number of aryl methyl sites for hydroxylation is 1. The molecule has 132 valence electrons. The van der Waals surface area contributed by atoms with E-state index < -0.39 is 0 Å². The maximum atomic E-state index is 12.5. The van der Waals surface area contributed by atoms with Crippen molar-refractivity contribution in [3.63, 3.8) is 0 Å². The average molecular weight is 338 g/mol. The van der Waals surface area contributed by atoms with Crippen LogP contribution < -0.4 is 10.6 Å². The van der Waals surface area contributed by atoms with Gasteiger partial charge in [0.25, 0.3) is 5.91 Å². The Hall–Kier alpha value is -2.40. The first-order valence-corrected chi connectivity index (χ1v) is 8.87. The van der Waals surface area contributed by atoms with E-state index in [1.54, 1.807) is 24.5 Å². The summed E-state index contributed by atoms with van der Waals surface area (Å²) in [5.74, 6) is 0.108. The summed E-state index contributed by atoms with van der Waals surface area (Å²) >= 11 is 0. The monoisotopic (exact) mass is 338 g/mol. The highest BCUT2D eigenvalue weighted by atomic mass is 16.2. The number of nitrogens with one attached hydrogen (secondary N) is 2. The normalized spacial score (nSPS) is 15.2. The molecule has 1 saturated heterocycles. The number of likely N-dealkylation sites (tertiary alicyclic amines) is 1. The lowest BCUT2D eigenvalue weighted by Gasteiger charge is -2.32. The summed E-state index contributed by atoms with van der Waals surface area (Å²) in [5, 5.41) is 6.90. The molecule has 5 heteroatoms. The van der Waals surface area contributed by atoms with Gasteiger partial charge < -0.3 is 15.5 Å². The summed E-state index contributed by atoms with van der Waals surface area (Å²) in [6, 6.07) is 10.5. The molecule has 0 unspecified atom stereocenters. The third-order valence-corrected chi connectivity index (χ3v) is 4.82. The number of rotatable bonds is 5. The molecule has 1 aromatic carbocycles. The first-order chi connectivity index (χ1) is 12.2. The highest BCUT2D eigenvalue weighted by molar-refractivity contribution is 5.94. The van der Waals surface area contributed by atoms with E-state index in [1.165, 1.54) is 16.8 Å². The SMILES string of the molecule is CNc1ccc(C)cc1CNC1CCN(C(=O)c2ccncc2)CC1. The fourth-order valence-electron chi connectivity index (χ4n) is 3.33. The molecule has 1 amide bonds. The number of benzene rings is 1. The highest BCUT2D eigenvalue weighted by Crippen LogP contribution is 2.19. The second-order valence-electron chi connectivity index (χ2n) is 6.59. The maximum absolute atomic E-state index is 12.5. The molecule has 1 fully saturated rings. The number of aromatic nitrogens is 1. The van der Waals surface area contributed by atoms with E-state index in [0.717, 1.165) is 38.0 Å². The lowest BCUT2D eigenvalue weighted by Crippen LogP contribution is -2.44. The predicted octanol–water partition coefficient (Wildman–Crippen LogP) is 2.83. The number of nitrogens with zero attached hydrogens (tertiary/aromatic N) is 2. The van der Waals surface area contributed by atoms with Crippen molar-refractivity contribution >= 4 is 11.6 Å². The van der Waals surface area contributed by atoms with Crippen molar-refractivity contribution < 1.29 is 4.79 Å². The predicted molar refractivity (Wildman–Crippen MR) is 101 cm³/mol. The Morgan fingerprint density at radius 3 is 2.60 bits per heavy atom. The van der Waals surface area contributed by atoms with Gasteiger partial charge in [-0.15, -0.1) is 0 Å². The quantitative estimate of drug-likeness (QED) is 0.880. The molecule has 1 aliphatic heterocycles. The molecule has 1 aromatic heterocycles. The van der Waals surface area contributed by atoms with Crippen LogP contribution in [0.25, 0.3) is 0 Å². The van der Waals surface area contributed by atoms with Crippen molar-refractivity contribution in [2.24, 2.45) is 0 Å². The van der Waals surface area contributed by atoms with Crippen LogP contribution >= 0.6 is 0 Å². The van der Waals surface area contributed by atoms with Crippen LogP contribution in [0, 0.1) is 6.92 Å². The molecule has 0 bridgehead atoms. The Balaban J connectivity index is 1.52. The van der Waals surface area contributed by atoms with Crippen LogP contribution in [0.2, 0.25) is 0 Å². The fourth-order valence-corrected chi connectivity index (χ4v) is 3.33. The van der Waals surface area contributed by atoms with Crippen molar-refractivity contribution in [3.05, 3.63) is 59.4 Å². The highest BCUT2D eigenvalue weighted by Gasteiger charge is 2.23. The summed E-state index contributed by atoms with van der Waals surface area (Å²) in [6.07, 6.45) is 5.31. The third kappa shape index (κ3) is 4.37. The molecule has 0 radical (unpaired) electrons. The third-order valence-electron chi connectivity index (χ3n) is 4.82. The van der Waals surface area contributed by atoms with Crippen LogP contribution in [-0.4, -0.2) is 42.0 Å². The van der Waals surface area contributed by atoms with Crippen LogP contribution in [0.4, 0.5) is 5.69 Å². The summed E-state index contributed by atoms with van der Waals surface area (Å²) in [5.41, 5.74) is 4.45. The van der Waals surface area contributed by atoms with Crippen molar-refractivity contribution in [2.75, 3.05) is 25.5 Å². The summed E-state index contributed by atoms with van der Waals surface area (Å²) in [4.78, 5) is 18.4. The van der Waals surface area contributed by atoms with Crippen molar-refractivity contribution in [3.8, 4) is 0 Å². The van der Waals surface area contributed by atoms with Crippen LogP contribution in [0.1, 0.15) is 34.3 Å². The number of hydrogen-bond acceptors (Lipinski definition) is 4. The molecule has 5 nitrogen and oxygen atoms in total. The van der Waals surface area contributed by atoms with Gasteiger partial charge >= 0.3 is 0 Å². The van der Waals surface area contributed by atoms with Gasteiger partial charge in [-0.3, -0.25) is 9.78 Å². The van der Waals surface area contributed by atoms with Gasteiger partial charge in [-0.1, -0.05) is 17.7 Å². The van der Waals surface area contributed by atoms with E-state index in [1.807, 2.05) is 11.9 Å². The molecule has 2 aromatic rings. The smallest absolute Gasteiger partial charge is 0.253 e. The number of pyridine rings is 1. The lowest BCUT2D eigenvalue weighted by molar-refractivity contribution is 0.0704. The summed E-state index contributed by atoms with van der Waals surface area (Å²) in [7, 11) is 1.96. The molecule has 1 aliphatic rings. The summed E-state index contributed by atoms with van der Waals surface area (Å²) in [6.45, 7) is 4.56. The minimum absolute atomic E-state index is 0.108. The van der Waals surface area contributed by atoms with E-state index in [0.29, 0.717) is 6.04 Å². The average Bonchev–Trinajstić information content (AvgIpc) is 2.67. The Kier molecular flexibility index (Phi) is 5.66. The Bertz CT molecular complexity index is 709. The zero-order valence-corrected chi connectivity index (χ0v) is 15.0. The minimum Gasteiger partial charge on any atom is -0.388 e. The first kappa shape index (κ1) is 17.4. The van der Waals surface area contributed by atoms with E-state index in [4.69, 9.17) is 0 Å². The molecular weight excluding hydrogens is 312 g/mol. The molecule has 3 rings (SSSR count). The maximum Gasteiger partial charge on any atom is 0.253 e. The number of anilines is 1. The molecule has 2 heterocycles. The minimum atomic E-state index is 0.108. The van der Waals surface area contributed by atoms with Gasteiger partial charge in [0.15, 0.2) is 0 Å². The molecule has 0 saturated carbocycles. The van der Waals surface area contributed by atoms with Gasteiger partial charge in [0.1, 0.15) is 0 Å². The largest absolute Gasteiger partial charge is 0.388 e. The van der Waals surface area contributed by atoms with E-state index in [2.05, 4.69) is 40.7 Å². The van der Waals surface area contributed by atoms with Gasteiger partial charge in [0.2, 0.25) is 0 Å². The molecular formula is C20H26N4O. The number of hydrogen-bond donors (Lipinski definition) is 2. The van der Waals surface area contributed by atoms with Crippen LogP contribution in [0.15, 0.2) is 42.7 Å². The number of piperidine rings is 1. The van der Waals surface area contributed by atoms with E-state index in [9.17, 15) is 4.79 Å². The van der Waals surface area contributed by atoms with Crippen LogP contribution in [-0.2, 0) is 6.54 Å². The number of amides is 1. The second kappa shape index (κ2) is 8.12. The second-order valence-corrected chi connectivity index (χ2v) is 6.59. The van der Waals surface area contributed by atoms with Gasteiger partial charge in [-0.05, 0) is 43.5 Å². The van der Waals surface area contributed by atoms with Gasteiger partial charge in [-0.2, -0.15) is 0 Å². The first-order valence-electron chi connectivity index (χ1n) is 8.87. The zero-order valence-electron chi connectivity index (χ0n) is 15.0. The zero-order chi connectivity index (χ0) is 17.6. The molecule has 2 N–H and O–H groups in total. The molecule has 25 heavy (non-hydrogen) atoms. The molecule has 0 aliphatic carbocycles. The van der Waals surface area contributed by atoms with Gasteiger partial charge in [0.05, 0.1) is 0 Å². The number of carbonyl (C=O) groups is 1. The van der Waals surface area contributed by atoms with Crippen molar-refractivity contribution in [1.82, 2.24) is 15.2 Å². The van der Waals surface area contributed by atoms with E-state index >= 15 is 0 Å². The van der Waals surface area contributed by atoms with E-state index in [-0.39, 0.29) is 5.91 Å². The molecule has 0 atom stereocenters. The Morgan fingerprint density at radius 1 is 1.20 bits per heavy atom. The van der Waals surface area contributed by atoms with Crippen LogP contribution in [0.3, 0.4) is 0 Å². The van der Waals surface area contributed by atoms with Gasteiger partial charge in [0, 0.05) is 56.4 Å². The van der Waals surface area contributed by atoms with Gasteiger partial charge in [-0.25, -0.2) is 0 Å². The lowest BCUT2D eigenvalue weighted by atomic mass is 10.0. The number of carbonyl (C=O) groups excluding carboxylic acids is 1.